The number of nitrogens with zero attached hydrogens (tertiary/aromatic N) is 1. The number of carbonyl (C=O) groups excluding carboxylic acids is 1. The highest BCUT2D eigenvalue weighted by atomic mass is 16.5. The number of hydrogen-bond donors (Lipinski definition) is 0. The van der Waals surface area contributed by atoms with Crippen LogP contribution in [0.25, 0.3) is 0 Å². The van der Waals surface area contributed by atoms with Crippen molar-refractivity contribution >= 4 is 5.91 Å². The van der Waals surface area contributed by atoms with Crippen LogP contribution in [0.15, 0.2) is 78.9 Å². The summed E-state index contributed by atoms with van der Waals surface area (Å²) < 4.78 is 5.98. The monoisotopic (exact) mass is 483 g/mol. The Hall–Kier alpha value is -3.07. The summed E-state index contributed by atoms with van der Waals surface area (Å²) >= 11 is 0. The van der Waals surface area contributed by atoms with Gasteiger partial charge in [0.15, 0.2) is 0 Å². The lowest BCUT2D eigenvalue weighted by molar-refractivity contribution is -0.136. The first kappa shape index (κ1) is 26.0. The van der Waals surface area contributed by atoms with Gasteiger partial charge in [-0.05, 0) is 71.4 Å². The molecule has 0 radical (unpaired) electrons. The van der Waals surface area contributed by atoms with E-state index in [1.165, 1.54) is 11.1 Å². The van der Waals surface area contributed by atoms with Crippen molar-refractivity contribution in [1.29, 1.82) is 0 Å². The lowest BCUT2D eigenvalue weighted by atomic mass is 9.83. The van der Waals surface area contributed by atoms with Crippen LogP contribution in [0.4, 0.5) is 0 Å². The van der Waals surface area contributed by atoms with Crippen LogP contribution < -0.4 is 4.74 Å². The van der Waals surface area contributed by atoms with Crippen LogP contribution in [0.1, 0.15) is 81.7 Å². The van der Waals surface area contributed by atoms with Gasteiger partial charge in [-0.25, -0.2) is 0 Å². The molecule has 1 aliphatic carbocycles. The molecule has 0 saturated heterocycles. The summed E-state index contributed by atoms with van der Waals surface area (Å²) in [5.74, 6) is 1.47. The molecular formula is C33H41NO2. The Morgan fingerprint density at radius 1 is 0.944 bits per heavy atom. The van der Waals surface area contributed by atoms with Crippen molar-refractivity contribution in [1.82, 2.24) is 4.90 Å². The average Bonchev–Trinajstić information content (AvgIpc) is 2.86. The molecule has 36 heavy (non-hydrogen) atoms. The lowest BCUT2D eigenvalue weighted by Gasteiger charge is -2.37. The zero-order valence-electron chi connectivity index (χ0n) is 22.4. The van der Waals surface area contributed by atoms with Gasteiger partial charge in [0, 0.05) is 13.0 Å². The summed E-state index contributed by atoms with van der Waals surface area (Å²) in [5.41, 5.74) is 5.22. The average molecular weight is 484 g/mol. The van der Waals surface area contributed by atoms with Crippen molar-refractivity contribution in [2.24, 2.45) is 11.3 Å². The number of rotatable bonds is 9. The smallest absolute Gasteiger partial charge is 0.223 e. The molecule has 0 aromatic heterocycles. The van der Waals surface area contributed by atoms with E-state index in [0.29, 0.717) is 25.5 Å². The van der Waals surface area contributed by atoms with Crippen LogP contribution in [0.2, 0.25) is 0 Å². The summed E-state index contributed by atoms with van der Waals surface area (Å²) in [4.78, 5) is 15.9. The second-order valence-corrected chi connectivity index (χ2v) is 11.6. The molecule has 4 rings (SSSR count). The SMILES string of the molecule is CC(CC(=O)N(Cc1ccc(OCc2ccccc2)cc1)C1CCCc2ccccc21)CC(C)(C)C. The van der Waals surface area contributed by atoms with Crippen molar-refractivity contribution in [3.8, 4) is 5.75 Å². The van der Waals surface area contributed by atoms with E-state index in [0.717, 1.165) is 42.6 Å². The van der Waals surface area contributed by atoms with Crippen LogP contribution in [0, 0.1) is 11.3 Å². The Bertz CT molecular complexity index is 1110. The molecule has 1 amide bonds. The first-order valence-electron chi connectivity index (χ1n) is 13.4. The zero-order valence-corrected chi connectivity index (χ0v) is 22.4. The second kappa shape index (κ2) is 11.8. The van der Waals surface area contributed by atoms with E-state index in [4.69, 9.17) is 4.74 Å². The van der Waals surface area contributed by atoms with Gasteiger partial charge in [0.05, 0.1) is 6.04 Å². The fourth-order valence-electron chi connectivity index (χ4n) is 5.59. The standard InChI is InChI=1S/C33H41NO2/c1-25(22-33(2,3)4)21-32(35)34(31-16-10-14-28-13-8-9-15-30(28)31)23-26-17-19-29(20-18-26)36-24-27-11-6-5-7-12-27/h5-9,11-13,15,17-20,25,31H,10,14,16,21-24H2,1-4H3. The number of benzene rings is 3. The van der Waals surface area contributed by atoms with Gasteiger partial charge in [0.1, 0.15) is 12.4 Å². The molecule has 3 heteroatoms. The molecule has 0 N–H and O–H groups in total. The number of aryl methyl sites for hydroxylation is 1. The molecule has 3 aromatic rings. The third-order valence-electron chi connectivity index (χ3n) is 7.04. The molecule has 190 valence electrons. The van der Waals surface area contributed by atoms with Crippen LogP contribution >= 0.6 is 0 Å². The molecule has 0 saturated carbocycles. The van der Waals surface area contributed by atoms with Gasteiger partial charge in [-0.15, -0.1) is 0 Å². The molecule has 2 unspecified atom stereocenters. The van der Waals surface area contributed by atoms with Crippen molar-refractivity contribution in [3.63, 3.8) is 0 Å². The largest absolute Gasteiger partial charge is 0.489 e. The van der Waals surface area contributed by atoms with Gasteiger partial charge in [-0.3, -0.25) is 4.79 Å². The van der Waals surface area contributed by atoms with E-state index in [1.807, 2.05) is 30.3 Å². The fraction of sp³-hybridized carbons (Fsp3) is 0.424. The Balaban J connectivity index is 1.50. The summed E-state index contributed by atoms with van der Waals surface area (Å²) in [7, 11) is 0. The van der Waals surface area contributed by atoms with Crippen LogP contribution in [-0.4, -0.2) is 10.8 Å². The van der Waals surface area contributed by atoms with E-state index in [9.17, 15) is 4.79 Å². The zero-order chi connectivity index (χ0) is 25.5. The van der Waals surface area contributed by atoms with Gasteiger partial charge < -0.3 is 9.64 Å². The molecule has 0 fully saturated rings. The van der Waals surface area contributed by atoms with E-state index in [1.54, 1.807) is 0 Å². The van der Waals surface area contributed by atoms with Gasteiger partial charge in [-0.2, -0.15) is 0 Å². The quantitative estimate of drug-likeness (QED) is 0.307. The normalized spacial score (nSPS) is 16.2. The molecule has 0 spiro atoms. The molecule has 1 aliphatic rings. The number of hydrogen-bond acceptors (Lipinski definition) is 2. The van der Waals surface area contributed by atoms with Crippen LogP contribution in [0.3, 0.4) is 0 Å². The first-order chi connectivity index (χ1) is 17.3. The summed E-state index contributed by atoms with van der Waals surface area (Å²) in [6.45, 7) is 10.2. The van der Waals surface area contributed by atoms with E-state index < -0.39 is 0 Å². The van der Waals surface area contributed by atoms with Crippen molar-refractivity contribution < 1.29 is 9.53 Å². The minimum Gasteiger partial charge on any atom is -0.489 e. The molecule has 3 nitrogen and oxygen atoms in total. The van der Waals surface area contributed by atoms with Gasteiger partial charge in [0.25, 0.3) is 0 Å². The van der Waals surface area contributed by atoms with E-state index in [-0.39, 0.29) is 17.4 Å². The third-order valence-corrected chi connectivity index (χ3v) is 7.04. The van der Waals surface area contributed by atoms with Crippen LogP contribution in [-0.2, 0) is 24.4 Å². The number of ether oxygens (including phenoxy) is 1. The number of carbonyl (C=O) groups is 1. The Morgan fingerprint density at radius 2 is 1.64 bits per heavy atom. The highest BCUT2D eigenvalue weighted by molar-refractivity contribution is 5.77. The van der Waals surface area contributed by atoms with Gasteiger partial charge in [0.2, 0.25) is 5.91 Å². The maximum atomic E-state index is 13.8. The summed E-state index contributed by atoms with van der Waals surface area (Å²) in [6, 6.07) is 27.3. The Morgan fingerprint density at radius 3 is 2.36 bits per heavy atom. The molecule has 0 aliphatic heterocycles. The highest BCUT2D eigenvalue weighted by Crippen LogP contribution is 2.36. The molecule has 2 atom stereocenters. The van der Waals surface area contributed by atoms with Crippen molar-refractivity contribution in [3.05, 3.63) is 101 Å². The molecular weight excluding hydrogens is 442 g/mol. The molecule has 0 bridgehead atoms. The topological polar surface area (TPSA) is 29.5 Å². The van der Waals surface area contributed by atoms with E-state index >= 15 is 0 Å². The fourth-order valence-corrected chi connectivity index (χ4v) is 5.59. The predicted octanol–water partition coefficient (Wildman–Crippen LogP) is 8.13. The van der Waals surface area contributed by atoms with Gasteiger partial charge in [-0.1, -0.05) is 94.4 Å². The predicted molar refractivity (Wildman–Crippen MR) is 148 cm³/mol. The minimum atomic E-state index is 0.137. The molecule has 3 aromatic carbocycles. The lowest BCUT2D eigenvalue weighted by Crippen LogP contribution is -2.37. The third kappa shape index (κ3) is 7.22. The minimum absolute atomic E-state index is 0.137. The maximum absolute atomic E-state index is 13.8. The molecule has 0 heterocycles. The highest BCUT2D eigenvalue weighted by Gasteiger charge is 2.30. The number of fused-ring (bicyclic) bond motifs is 1. The van der Waals surface area contributed by atoms with E-state index in [2.05, 4.69) is 81.1 Å². The van der Waals surface area contributed by atoms with Crippen molar-refractivity contribution in [2.45, 2.75) is 79.0 Å². The number of amides is 1. The second-order valence-electron chi connectivity index (χ2n) is 11.6. The van der Waals surface area contributed by atoms with Gasteiger partial charge >= 0.3 is 0 Å². The van der Waals surface area contributed by atoms with Crippen LogP contribution in [0.5, 0.6) is 5.75 Å². The van der Waals surface area contributed by atoms with Crippen molar-refractivity contribution in [2.75, 3.05) is 0 Å². The Kier molecular flexibility index (Phi) is 8.51. The Labute approximate surface area is 217 Å². The first-order valence-corrected chi connectivity index (χ1v) is 13.4. The summed E-state index contributed by atoms with van der Waals surface area (Å²) in [6.07, 6.45) is 4.88. The summed E-state index contributed by atoms with van der Waals surface area (Å²) in [5, 5.41) is 0. The maximum Gasteiger partial charge on any atom is 0.223 e.